The van der Waals surface area contributed by atoms with Gasteiger partial charge in [-0.25, -0.2) is 4.79 Å². The Labute approximate surface area is 58.0 Å². The molecule has 10 heavy (non-hydrogen) atoms. The zero-order valence-corrected chi connectivity index (χ0v) is 5.75. The van der Waals surface area contributed by atoms with E-state index < -0.39 is 11.7 Å². The predicted octanol–water partition coefficient (Wildman–Crippen LogP) is -1.17. The van der Waals surface area contributed by atoms with Gasteiger partial charge in [0.1, 0.15) is 0 Å². The molecule has 0 bridgehead atoms. The Bertz CT molecular complexity index is 141. The number of carboxylic acid groups (broad SMARTS) is 1. The molecule has 0 rings (SSSR count). The number of hydrogen-bond acceptors (Lipinski definition) is 4. The second-order valence-corrected chi connectivity index (χ2v) is 1.61. The van der Waals surface area contributed by atoms with Gasteiger partial charge in [0.15, 0.2) is 6.29 Å². The fourth-order valence-corrected chi connectivity index (χ4v) is 0.454. The molecule has 0 heterocycles. The molecule has 0 fully saturated rings. The van der Waals surface area contributed by atoms with E-state index in [1.54, 1.807) is 0 Å². The number of methoxy groups -OCH3 is 1. The number of carbonyl (C=O) groups excluding carboxylic acids is 1. The Hall–Kier alpha value is -0.940. The number of rotatable bonds is 4. The van der Waals surface area contributed by atoms with Crippen molar-refractivity contribution in [3.05, 3.63) is 0 Å². The fraction of sp³-hybridized carbons (Fsp3) is 0.600. The number of carboxylic acids is 1. The lowest BCUT2D eigenvalue weighted by Gasteiger charge is -2.19. The first-order valence-electron chi connectivity index (χ1n) is 2.56. The summed E-state index contributed by atoms with van der Waals surface area (Å²) in [5, 5.41) is 10.6. The zero-order chi connectivity index (χ0) is 8.20. The normalized spacial score (nSPS) is 15.8. The number of likely N-dealkylation sites (N-methyl/N-ethyl adjacent to an activating group) is 1. The van der Waals surface area contributed by atoms with Crippen LogP contribution < -0.4 is 5.32 Å². The number of aliphatic carboxylic acids is 1. The van der Waals surface area contributed by atoms with Crippen molar-refractivity contribution in [1.82, 2.24) is 5.32 Å². The van der Waals surface area contributed by atoms with E-state index in [0.717, 1.165) is 7.11 Å². The quantitative estimate of drug-likeness (QED) is 0.298. The van der Waals surface area contributed by atoms with E-state index in [1.807, 2.05) is 0 Å². The van der Waals surface area contributed by atoms with Crippen LogP contribution in [0.15, 0.2) is 0 Å². The van der Waals surface area contributed by atoms with Crippen LogP contribution in [0, 0.1) is 0 Å². The molecule has 0 unspecified atom stereocenters. The van der Waals surface area contributed by atoms with E-state index in [1.165, 1.54) is 7.05 Å². The van der Waals surface area contributed by atoms with Gasteiger partial charge < -0.3 is 9.84 Å². The van der Waals surface area contributed by atoms with Crippen molar-refractivity contribution < 1.29 is 19.4 Å². The Balaban J connectivity index is 4.46. The van der Waals surface area contributed by atoms with Crippen LogP contribution in [0.4, 0.5) is 0 Å². The summed E-state index contributed by atoms with van der Waals surface area (Å²) >= 11 is 0. The van der Waals surface area contributed by atoms with Crippen molar-refractivity contribution in [1.29, 1.82) is 0 Å². The standard InChI is InChI=1S/C5H9NO4/c1-6-5(3-7,10-2)4(8)9/h3,6H,1-2H3,(H,8,9)/t5-/m1/s1. The van der Waals surface area contributed by atoms with Gasteiger partial charge in [0.2, 0.25) is 0 Å². The molecule has 0 aromatic rings. The van der Waals surface area contributed by atoms with Gasteiger partial charge in [-0.15, -0.1) is 0 Å². The minimum atomic E-state index is -1.89. The maximum absolute atomic E-state index is 10.3. The van der Waals surface area contributed by atoms with E-state index in [9.17, 15) is 9.59 Å². The number of hydrogen-bond donors (Lipinski definition) is 2. The van der Waals surface area contributed by atoms with Gasteiger partial charge in [-0.1, -0.05) is 0 Å². The average Bonchev–Trinajstić information content (AvgIpc) is 1.92. The molecule has 5 nitrogen and oxygen atoms in total. The van der Waals surface area contributed by atoms with Gasteiger partial charge >= 0.3 is 5.97 Å². The predicted molar refractivity (Wildman–Crippen MR) is 32.5 cm³/mol. The van der Waals surface area contributed by atoms with E-state index in [4.69, 9.17) is 5.11 Å². The van der Waals surface area contributed by atoms with E-state index in [0.29, 0.717) is 0 Å². The molecular weight excluding hydrogens is 138 g/mol. The van der Waals surface area contributed by atoms with Gasteiger partial charge in [-0.2, -0.15) is 0 Å². The second kappa shape index (κ2) is 3.28. The summed E-state index contributed by atoms with van der Waals surface area (Å²) in [6.07, 6.45) is 0.190. The minimum absolute atomic E-state index is 0.190. The molecule has 0 aromatic heterocycles. The van der Waals surface area contributed by atoms with Gasteiger partial charge in [0.05, 0.1) is 0 Å². The van der Waals surface area contributed by atoms with Crippen LogP contribution in [0.25, 0.3) is 0 Å². The highest BCUT2D eigenvalue weighted by Crippen LogP contribution is 1.99. The van der Waals surface area contributed by atoms with Crippen molar-refractivity contribution in [2.24, 2.45) is 0 Å². The number of nitrogens with one attached hydrogen (secondary N) is 1. The largest absolute Gasteiger partial charge is 0.478 e. The summed E-state index contributed by atoms with van der Waals surface area (Å²) in [6.45, 7) is 0. The molecule has 2 N–H and O–H groups in total. The lowest BCUT2D eigenvalue weighted by atomic mass is 10.2. The van der Waals surface area contributed by atoms with E-state index >= 15 is 0 Å². The van der Waals surface area contributed by atoms with Crippen LogP contribution in [-0.2, 0) is 14.3 Å². The van der Waals surface area contributed by atoms with Crippen LogP contribution in [0.2, 0.25) is 0 Å². The highest BCUT2D eigenvalue weighted by Gasteiger charge is 2.36. The highest BCUT2D eigenvalue weighted by atomic mass is 16.5. The second-order valence-electron chi connectivity index (χ2n) is 1.61. The Kier molecular flexibility index (Phi) is 2.98. The minimum Gasteiger partial charge on any atom is -0.478 e. The van der Waals surface area contributed by atoms with Gasteiger partial charge in [-0.3, -0.25) is 10.1 Å². The molecule has 0 saturated carbocycles. The van der Waals surface area contributed by atoms with Crippen molar-refractivity contribution in [2.45, 2.75) is 5.72 Å². The Morgan fingerprint density at radius 3 is 2.30 bits per heavy atom. The average molecular weight is 147 g/mol. The summed E-state index contributed by atoms with van der Waals surface area (Å²) in [6, 6.07) is 0. The van der Waals surface area contributed by atoms with E-state index in [2.05, 4.69) is 10.1 Å². The SMILES string of the molecule is CN[C@](C=O)(OC)C(=O)O. The molecule has 0 spiro atoms. The molecular formula is C5H9NO4. The van der Waals surface area contributed by atoms with Crippen molar-refractivity contribution in [3.63, 3.8) is 0 Å². The molecule has 0 amide bonds. The molecule has 0 aliphatic carbocycles. The molecule has 0 saturated heterocycles. The zero-order valence-electron chi connectivity index (χ0n) is 5.75. The summed E-state index contributed by atoms with van der Waals surface area (Å²) in [5.74, 6) is -1.35. The molecule has 0 aliphatic rings. The molecule has 5 heteroatoms. The summed E-state index contributed by atoms with van der Waals surface area (Å²) in [7, 11) is 2.46. The highest BCUT2D eigenvalue weighted by molar-refractivity contribution is 5.94. The Morgan fingerprint density at radius 2 is 2.30 bits per heavy atom. The van der Waals surface area contributed by atoms with Crippen LogP contribution >= 0.6 is 0 Å². The van der Waals surface area contributed by atoms with Crippen molar-refractivity contribution in [2.75, 3.05) is 14.2 Å². The van der Waals surface area contributed by atoms with Gasteiger partial charge in [0.25, 0.3) is 5.72 Å². The van der Waals surface area contributed by atoms with Gasteiger partial charge in [0, 0.05) is 7.11 Å². The maximum Gasteiger partial charge on any atom is 0.359 e. The topological polar surface area (TPSA) is 75.6 Å². The smallest absolute Gasteiger partial charge is 0.359 e. The molecule has 0 radical (unpaired) electrons. The lowest BCUT2D eigenvalue weighted by Crippen LogP contribution is -2.53. The van der Waals surface area contributed by atoms with Gasteiger partial charge in [-0.05, 0) is 7.05 Å². The fourth-order valence-electron chi connectivity index (χ4n) is 0.454. The number of carbonyl (C=O) groups is 2. The molecule has 58 valence electrons. The monoisotopic (exact) mass is 147 g/mol. The lowest BCUT2D eigenvalue weighted by molar-refractivity contribution is -0.167. The van der Waals surface area contributed by atoms with Crippen LogP contribution in [0.5, 0.6) is 0 Å². The third kappa shape index (κ3) is 1.31. The third-order valence-corrected chi connectivity index (χ3v) is 1.18. The molecule has 0 aromatic carbocycles. The first kappa shape index (κ1) is 9.06. The maximum atomic E-state index is 10.3. The summed E-state index contributed by atoms with van der Waals surface area (Å²) in [4.78, 5) is 20.5. The summed E-state index contributed by atoms with van der Waals surface area (Å²) in [5.41, 5.74) is -1.89. The third-order valence-electron chi connectivity index (χ3n) is 1.18. The first-order chi connectivity index (χ1) is 4.63. The van der Waals surface area contributed by atoms with Crippen LogP contribution in [0.1, 0.15) is 0 Å². The Morgan fingerprint density at radius 1 is 1.80 bits per heavy atom. The molecule has 0 aliphatic heterocycles. The first-order valence-corrected chi connectivity index (χ1v) is 2.56. The van der Waals surface area contributed by atoms with Crippen molar-refractivity contribution >= 4 is 12.3 Å². The van der Waals surface area contributed by atoms with Crippen LogP contribution in [-0.4, -0.2) is 37.2 Å². The van der Waals surface area contributed by atoms with Crippen molar-refractivity contribution in [3.8, 4) is 0 Å². The summed E-state index contributed by atoms with van der Waals surface area (Å²) < 4.78 is 4.42. The number of aldehydes is 1. The number of ether oxygens (including phenoxy) is 1. The van der Waals surface area contributed by atoms with E-state index in [-0.39, 0.29) is 6.29 Å². The molecule has 1 atom stereocenters. The van der Waals surface area contributed by atoms with Crippen LogP contribution in [0.3, 0.4) is 0 Å².